The zero-order valence-corrected chi connectivity index (χ0v) is 12.3. The van der Waals surface area contributed by atoms with Gasteiger partial charge in [-0.25, -0.2) is 0 Å². The smallest absolute Gasteiger partial charge is 0.139 e. The molecule has 0 aliphatic rings. The first-order valence-corrected chi connectivity index (χ1v) is 6.95. The topological polar surface area (TPSA) is 44.5 Å². The summed E-state index contributed by atoms with van der Waals surface area (Å²) in [6, 6.07) is 12.9. The molecule has 0 aromatic heterocycles. The van der Waals surface area contributed by atoms with Gasteiger partial charge in [0, 0.05) is 12.1 Å². The van der Waals surface area contributed by atoms with Crippen LogP contribution in [0.15, 0.2) is 42.5 Å². The lowest BCUT2D eigenvalue weighted by atomic mass is 10.2. The lowest BCUT2D eigenvalue weighted by molar-refractivity contribution is 0.216. The van der Waals surface area contributed by atoms with Crippen molar-refractivity contribution in [2.24, 2.45) is 5.73 Å². The summed E-state index contributed by atoms with van der Waals surface area (Å²) in [7, 11) is 0. The van der Waals surface area contributed by atoms with E-state index in [0.717, 1.165) is 11.3 Å². The quantitative estimate of drug-likeness (QED) is 0.823. The van der Waals surface area contributed by atoms with Gasteiger partial charge in [-0.2, -0.15) is 0 Å². The maximum atomic E-state index is 6.02. The fourth-order valence-corrected chi connectivity index (χ4v) is 2.06. The molecule has 2 aromatic carbocycles. The minimum Gasteiger partial charge on any atom is -0.490 e. The zero-order valence-electron chi connectivity index (χ0n) is 10.8. The van der Waals surface area contributed by atoms with Gasteiger partial charge in [0.05, 0.1) is 5.02 Å². The molecule has 0 radical (unpaired) electrons. The van der Waals surface area contributed by atoms with Crippen molar-refractivity contribution in [2.45, 2.75) is 6.54 Å². The molecule has 2 N–H and O–H groups in total. The van der Waals surface area contributed by atoms with Gasteiger partial charge in [0.2, 0.25) is 0 Å². The average Bonchev–Trinajstić information content (AvgIpc) is 2.48. The molecule has 106 valence electrons. The van der Waals surface area contributed by atoms with Gasteiger partial charge < -0.3 is 15.2 Å². The van der Waals surface area contributed by atoms with Crippen LogP contribution in [0.5, 0.6) is 11.5 Å². The second-order valence-corrected chi connectivity index (χ2v) is 4.85. The molecule has 0 atom stereocenters. The second kappa shape index (κ2) is 7.39. The van der Waals surface area contributed by atoms with Crippen molar-refractivity contribution in [3.8, 4) is 11.5 Å². The van der Waals surface area contributed by atoms with Crippen molar-refractivity contribution in [1.82, 2.24) is 0 Å². The van der Waals surface area contributed by atoms with Crippen molar-refractivity contribution < 1.29 is 9.47 Å². The molecule has 0 aliphatic carbocycles. The van der Waals surface area contributed by atoms with Crippen LogP contribution in [0, 0.1) is 0 Å². The van der Waals surface area contributed by atoms with Gasteiger partial charge in [0.15, 0.2) is 0 Å². The Bertz CT molecular complexity index is 576. The first-order chi connectivity index (χ1) is 9.72. The first kappa shape index (κ1) is 15.0. The van der Waals surface area contributed by atoms with E-state index >= 15 is 0 Å². The number of hydrogen-bond donors (Lipinski definition) is 1. The third-order valence-corrected chi connectivity index (χ3v) is 3.51. The highest BCUT2D eigenvalue weighted by Gasteiger charge is 2.05. The molecule has 20 heavy (non-hydrogen) atoms. The van der Waals surface area contributed by atoms with Gasteiger partial charge in [0.25, 0.3) is 0 Å². The van der Waals surface area contributed by atoms with Gasteiger partial charge >= 0.3 is 0 Å². The Kier molecular flexibility index (Phi) is 5.53. The number of benzene rings is 2. The molecule has 0 saturated carbocycles. The fourth-order valence-electron chi connectivity index (χ4n) is 1.71. The van der Waals surface area contributed by atoms with Gasteiger partial charge in [-0.05, 0) is 18.2 Å². The number of rotatable bonds is 6. The summed E-state index contributed by atoms with van der Waals surface area (Å²) in [6.45, 7) is 1.22. The molecule has 0 saturated heterocycles. The summed E-state index contributed by atoms with van der Waals surface area (Å²) >= 11 is 11.9. The van der Waals surface area contributed by atoms with Crippen molar-refractivity contribution >= 4 is 23.2 Å². The zero-order chi connectivity index (χ0) is 14.4. The van der Waals surface area contributed by atoms with Crippen molar-refractivity contribution in [3.63, 3.8) is 0 Å². The highest BCUT2D eigenvalue weighted by molar-refractivity contribution is 6.42. The average molecular weight is 312 g/mol. The van der Waals surface area contributed by atoms with Gasteiger partial charge in [-0.1, -0.05) is 47.5 Å². The maximum Gasteiger partial charge on any atom is 0.139 e. The summed E-state index contributed by atoms with van der Waals surface area (Å²) in [4.78, 5) is 0. The van der Waals surface area contributed by atoms with Crippen LogP contribution in [0.2, 0.25) is 10.0 Å². The van der Waals surface area contributed by atoms with Gasteiger partial charge in [0.1, 0.15) is 29.7 Å². The summed E-state index contributed by atoms with van der Waals surface area (Å²) in [5, 5.41) is 0.884. The largest absolute Gasteiger partial charge is 0.490 e. The van der Waals surface area contributed by atoms with Crippen molar-refractivity contribution in [2.75, 3.05) is 13.2 Å². The Hall–Kier alpha value is -1.42. The van der Waals surface area contributed by atoms with Crippen LogP contribution in [-0.2, 0) is 6.54 Å². The molecular formula is C15H15Cl2NO2. The minimum atomic E-state index is 0.374. The molecule has 0 bridgehead atoms. The molecule has 2 rings (SSSR count). The second-order valence-electron chi connectivity index (χ2n) is 4.06. The lowest BCUT2D eigenvalue weighted by Crippen LogP contribution is -2.11. The van der Waals surface area contributed by atoms with E-state index in [1.165, 1.54) is 0 Å². The fraction of sp³-hybridized carbons (Fsp3) is 0.200. The standard InChI is InChI=1S/C15H15Cl2NO2/c16-12-5-3-7-14(15(12)17)20-9-8-19-13-6-2-1-4-11(13)10-18/h1-7H,8-10,18H2. The van der Waals surface area contributed by atoms with Crippen LogP contribution in [-0.4, -0.2) is 13.2 Å². The van der Waals surface area contributed by atoms with Crippen LogP contribution in [0.1, 0.15) is 5.56 Å². The molecule has 0 heterocycles. The van der Waals surface area contributed by atoms with E-state index in [0.29, 0.717) is 35.6 Å². The predicted molar refractivity (Wildman–Crippen MR) is 81.8 cm³/mol. The summed E-state index contributed by atoms with van der Waals surface area (Å²) in [5.74, 6) is 1.32. The number of hydrogen-bond acceptors (Lipinski definition) is 3. The molecule has 0 amide bonds. The van der Waals surface area contributed by atoms with Gasteiger partial charge in [-0.3, -0.25) is 0 Å². The molecule has 3 nitrogen and oxygen atoms in total. The Morgan fingerprint density at radius 2 is 1.50 bits per heavy atom. The molecular weight excluding hydrogens is 297 g/mol. The molecule has 2 aromatic rings. The lowest BCUT2D eigenvalue weighted by Gasteiger charge is -2.12. The Labute approximate surface area is 128 Å². The number of nitrogens with two attached hydrogens (primary N) is 1. The number of para-hydroxylation sites is 1. The number of ether oxygens (including phenoxy) is 2. The Morgan fingerprint density at radius 1 is 0.850 bits per heavy atom. The molecule has 5 heteroatoms. The number of halogens is 2. The highest BCUT2D eigenvalue weighted by Crippen LogP contribution is 2.31. The third kappa shape index (κ3) is 3.79. The van der Waals surface area contributed by atoms with Crippen LogP contribution < -0.4 is 15.2 Å². The summed E-state index contributed by atoms with van der Waals surface area (Å²) < 4.78 is 11.2. The Balaban J connectivity index is 1.86. The minimum absolute atomic E-state index is 0.374. The molecule has 0 spiro atoms. The maximum absolute atomic E-state index is 6.02. The Morgan fingerprint density at radius 3 is 2.25 bits per heavy atom. The molecule has 0 fully saturated rings. The monoisotopic (exact) mass is 311 g/mol. The molecule has 0 unspecified atom stereocenters. The summed E-state index contributed by atoms with van der Waals surface area (Å²) in [5.41, 5.74) is 6.61. The van der Waals surface area contributed by atoms with Crippen molar-refractivity contribution in [1.29, 1.82) is 0 Å². The molecule has 0 aliphatic heterocycles. The van der Waals surface area contributed by atoms with E-state index in [-0.39, 0.29) is 0 Å². The van der Waals surface area contributed by atoms with E-state index in [4.69, 9.17) is 38.4 Å². The van der Waals surface area contributed by atoms with Crippen LogP contribution >= 0.6 is 23.2 Å². The van der Waals surface area contributed by atoms with Crippen LogP contribution in [0.25, 0.3) is 0 Å². The van der Waals surface area contributed by atoms with Crippen molar-refractivity contribution in [3.05, 3.63) is 58.1 Å². The predicted octanol–water partition coefficient (Wildman–Crippen LogP) is 3.91. The SMILES string of the molecule is NCc1ccccc1OCCOc1cccc(Cl)c1Cl. The highest BCUT2D eigenvalue weighted by atomic mass is 35.5. The van der Waals surface area contributed by atoms with E-state index in [2.05, 4.69) is 0 Å². The van der Waals surface area contributed by atoms with Gasteiger partial charge in [-0.15, -0.1) is 0 Å². The van der Waals surface area contributed by atoms with E-state index in [1.807, 2.05) is 24.3 Å². The van der Waals surface area contributed by atoms with Crippen LogP contribution in [0.3, 0.4) is 0 Å². The van der Waals surface area contributed by atoms with E-state index < -0.39 is 0 Å². The first-order valence-electron chi connectivity index (χ1n) is 6.20. The van der Waals surface area contributed by atoms with E-state index in [9.17, 15) is 0 Å². The summed E-state index contributed by atoms with van der Waals surface area (Å²) in [6.07, 6.45) is 0. The third-order valence-electron chi connectivity index (χ3n) is 2.71. The van der Waals surface area contributed by atoms with Crippen LogP contribution in [0.4, 0.5) is 0 Å². The van der Waals surface area contributed by atoms with E-state index in [1.54, 1.807) is 18.2 Å². The normalized spacial score (nSPS) is 10.3.